The molecule has 2 aromatic heterocycles. The van der Waals surface area contributed by atoms with Gasteiger partial charge in [0.2, 0.25) is 5.91 Å². The molecule has 2 aliphatic rings. The van der Waals surface area contributed by atoms with E-state index in [1.807, 2.05) is 6.92 Å². The first kappa shape index (κ1) is 19.7. The smallest absolute Gasteiger partial charge is 0.233 e. The summed E-state index contributed by atoms with van der Waals surface area (Å²) in [5.74, 6) is 1.11. The molecule has 0 aromatic carbocycles. The maximum atomic E-state index is 12.5. The molecule has 1 fully saturated rings. The van der Waals surface area contributed by atoms with Crippen molar-refractivity contribution in [1.29, 1.82) is 0 Å². The van der Waals surface area contributed by atoms with E-state index in [1.165, 1.54) is 60.7 Å². The van der Waals surface area contributed by atoms with Gasteiger partial charge < -0.3 is 9.88 Å². The van der Waals surface area contributed by atoms with Gasteiger partial charge in [-0.1, -0.05) is 29.5 Å². The van der Waals surface area contributed by atoms with Gasteiger partial charge in [0.25, 0.3) is 0 Å². The lowest BCUT2D eigenvalue weighted by molar-refractivity contribution is -0.120. The molecule has 7 heteroatoms. The summed E-state index contributed by atoms with van der Waals surface area (Å²) in [6.07, 6.45) is 11.5. The average Bonchev–Trinajstić information content (AvgIpc) is 3.26. The van der Waals surface area contributed by atoms with Crippen molar-refractivity contribution >= 4 is 29.0 Å². The fourth-order valence-corrected chi connectivity index (χ4v) is 5.27. The molecule has 1 N–H and O–H groups in total. The minimum atomic E-state index is -0.170. The van der Waals surface area contributed by atoms with Gasteiger partial charge in [-0.3, -0.25) is 4.79 Å². The van der Waals surface area contributed by atoms with Crippen LogP contribution in [0.15, 0.2) is 34.3 Å². The lowest BCUT2D eigenvalue weighted by Gasteiger charge is -2.15. The van der Waals surface area contributed by atoms with E-state index in [4.69, 9.17) is 0 Å². The molecule has 28 heavy (non-hydrogen) atoms. The second-order valence-corrected chi connectivity index (χ2v) is 10.0. The topological polar surface area (TPSA) is 59.8 Å². The van der Waals surface area contributed by atoms with Crippen LogP contribution in [0, 0.1) is 0 Å². The number of thioether (sulfide) groups is 1. The number of carbonyl (C=O) groups is 1. The van der Waals surface area contributed by atoms with Crippen molar-refractivity contribution in [2.24, 2.45) is 0 Å². The quantitative estimate of drug-likeness (QED) is 0.473. The van der Waals surface area contributed by atoms with Crippen LogP contribution in [0.4, 0.5) is 0 Å². The SMILES string of the molecule is CC(Sc1nnc(Cc2cccs2)n1C1CC1)C(=O)NCCC1=CCCCC1. The third kappa shape index (κ3) is 5.06. The molecule has 0 spiro atoms. The van der Waals surface area contributed by atoms with Crippen molar-refractivity contribution in [2.45, 2.75) is 74.7 Å². The van der Waals surface area contributed by atoms with Gasteiger partial charge in [0.15, 0.2) is 5.16 Å². The molecule has 1 atom stereocenters. The first-order valence-electron chi connectivity index (χ1n) is 10.3. The Balaban J connectivity index is 1.33. The minimum Gasteiger partial charge on any atom is -0.355 e. The summed E-state index contributed by atoms with van der Waals surface area (Å²) < 4.78 is 2.26. The predicted octanol–water partition coefficient (Wildman–Crippen LogP) is 4.75. The Morgan fingerprint density at radius 3 is 3.00 bits per heavy atom. The number of aromatic nitrogens is 3. The largest absolute Gasteiger partial charge is 0.355 e. The zero-order valence-corrected chi connectivity index (χ0v) is 18.0. The molecule has 1 saturated carbocycles. The van der Waals surface area contributed by atoms with Crippen LogP contribution in [-0.4, -0.2) is 32.5 Å². The molecule has 0 radical (unpaired) electrons. The Morgan fingerprint density at radius 2 is 2.29 bits per heavy atom. The highest BCUT2D eigenvalue weighted by Gasteiger charge is 2.31. The Labute approximate surface area is 175 Å². The average molecular weight is 417 g/mol. The zero-order chi connectivity index (χ0) is 19.3. The first-order valence-corrected chi connectivity index (χ1v) is 12.0. The number of amides is 1. The van der Waals surface area contributed by atoms with E-state index >= 15 is 0 Å². The van der Waals surface area contributed by atoms with Crippen LogP contribution in [0.1, 0.15) is 68.6 Å². The molecule has 1 unspecified atom stereocenters. The third-order valence-electron chi connectivity index (χ3n) is 5.34. The van der Waals surface area contributed by atoms with Gasteiger partial charge in [-0.15, -0.1) is 21.5 Å². The van der Waals surface area contributed by atoms with Crippen LogP contribution in [0.3, 0.4) is 0 Å². The molecule has 4 rings (SSSR count). The maximum absolute atomic E-state index is 12.5. The van der Waals surface area contributed by atoms with Gasteiger partial charge in [0.1, 0.15) is 5.82 Å². The first-order chi connectivity index (χ1) is 13.7. The van der Waals surface area contributed by atoms with E-state index in [2.05, 4.69) is 43.7 Å². The molecule has 5 nitrogen and oxygen atoms in total. The van der Waals surface area contributed by atoms with Crippen molar-refractivity contribution < 1.29 is 4.79 Å². The third-order valence-corrected chi connectivity index (χ3v) is 7.27. The summed E-state index contributed by atoms with van der Waals surface area (Å²) in [5, 5.41) is 14.8. The van der Waals surface area contributed by atoms with E-state index in [0.29, 0.717) is 6.04 Å². The van der Waals surface area contributed by atoms with E-state index < -0.39 is 0 Å². The molecule has 2 aromatic rings. The highest BCUT2D eigenvalue weighted by molar-refractivity contribution is 8.00. The zero-order valence-electron chi connectivity index (χ0n) is 16.4. The van der Waals surface area contributed by atoms with Crippen LogP contribution in [0.2, 0.25) is 0 Å². The molecule has 1 amide bonds. The number of carbonyl (C=O) groups excluding carboxylic acids is 1. The monoisotopic (exact) mass is 416 g/mol. The molecule has 2 aliphatic carbocycles. The maximum Gasteiger partial charge on any atom is 0.233 e. The number of nitrogens with one attached hydrogen (secondary N) is 1. The van der Waals surface area contributed by atoms with Crippen molar-refractivity contribution in [2.75, 3.05) is 6.54 Å². The molecule has 0 saturated heterocycles. The number of allylic oxidation sites excluding steroid dienone is 1. The highest BCUT2D eigenvalue weighted by atomic mass is 32.2. The van der Waals surface area contributed by atoms with Crippen molar-refractivity contribution in [3.63, 3.8) is 0 Å². The van der Waals surface area contributed by atoms with Crippen LogP contribution in [0.5, 0.6) is 0 Å². The lowest BCUT2D eigenvalue weighted by Crippen LogP contribution is -2.32. The Bertz CT molecular complexity index is 824. The summed E-state index contributed by atoms with van der Waals surface area (Å²) in [5.41, 5.74) is 1.50. The summed E-state index contributed by atoms with van der Waals surface area (Å²) in [4.78, 5) is 13.8. The van der Waals surface area contributed by atoms with Crippen LogP contribution >= 0.6 is 23.1 Å². The summed E-state index contributed by atoms with van der Waals surface area (Å²) in [7, 11) is 0. The van der Waals surface area contributed by atoms with Crippen LogP contribution in [0.25, 0.3) is 0 Å². The van der Waals surface area contributed by atoms with E-state index in [9.17, 15) is 4.79 Å². The summed E-state index contributed by atoms with van der Waals surface area (Å²) in [6, 6.07) is 4.71. The van der Waals surface area contributed by atoms with Gasteiger partial charge in [0, 0.05) is 23.9 Å². The van der Waals surface area contributed by atoms with E-state index in [1.54, 1.807) is 11.3 Å². The molecular weight excluding hydrogens is 388 g/mol. The molecule has 150 valence electrons. The van der Waals surface area contributed by atoms with Gasteiger partial charge in [0.05, 0.1) is 5.25 Å². The summed E-state index contributed by atoms with van der Waals surface area (Å²) in [6.45, 7) is 2.69. The summed E-state index contributed by atoms with van der Waals surface area (Å²) >= 11 is 3.28. The van der Waals surface area contributed by atoms with Gasteiger partial charge in [-0.25, -0.2) is 0 Å². The van der Waals surface area contributed by atoms with Crippen molar-refractivity contribution in [3.05, 3.63) is 39.9 Å². The van der Waals surface area contributed by atoms with Crippen molar-refractivity contribution in [1.82, 2.24) is 20.1 Å². The lowest BCUT2D eigenvalue weighted by atomic mass is 9.97. The fourth-order valence-electron chi connectivity index (χ4n) is 3.61. The molecule has 0 bridgehead atoms. The second-order valence-electron chi connectivity index (χ2n) is 7.67. The molecular formula is C21H28N4OS2. The van der Waals surface area contributed by atoms with Gasteiger partial charge in [-0.05, 0) is 63.3 Å². The van der Waals surface area contributed by atoms with Crippen molar-refractivity contribution in [3.8, 4) is 0 Å². The number of nitrogens with zero attached hydrogens (tertiary/aromatic N) is 3. The Morgan fingerprint density at radius 1 is 1.39 bits per heavy atom. The molecule has 0 aliphatic heterocycles. The minimum absolute atomic E-state index is 0.0894. The number of thiophene rings is 1. The number of rotatable bonds is 9. The number of hydrogen-bond donors (Lipinski definition) is 1. The van der Waals surface area contributed by atoms with E-state index in [-0.39, 0.29) is 11.2 Å². The Hall–Kier alpha value is -1.60. The van der Waals surface area contributed by atoms with Gasteiger partial charge >= 0.3 is 0 Å². The Kier molecular flexibility index (Phi) is 6.52. The number of hydrogen-bond acceptors (Lipinski definition) is 5. The van der Waals surface area contributed by atoms with Crippen LogP contribution in [-0.2, 0) is 11.2 Å². The van der Waals surface area contributed by atoms with Gasteiger partial charge in [-0.2, -0.15) is 0 Å². The fraction of sp³-hybridized carbons (Fsp3) is 0.571. The normalized spacial score (nSPS) is 18.0. The standard InChI is InChI=1S/C21H28N4OS2/c1-15(20(26)22-12-11-16-6-3-2-4-7-16)28-21-24-23-19(25(21)17-9-10-17)14-18-8-5-13-27-18/h5-6,8,13,15,17H,2-4,7,9-12,14H2,1H3,(H,22,26). The van der Waals surface area contributed by atoms with E-state index in [0.717, 1.165) is 30.4 Å². The highest BCUT2D eigenvalue weighted by Crippen LogP contribution is 2.40. The predicted molar refractivity (Wildman–Crippen MR) is 115 cm³/mol. The van der Waals surface area contributed by atoms with Crippen LogP contribution < -0.4 is 5.32 Å². The second kappa shape index (κ2) is 9.27. The molecule has 2 heterocycles.